The molecule has 0 aromatic heterocycles. The van der Waals surface area contributed by atoms with Crippen LogP contribution in [-0.4, -0.2) is 25.7 Å². The minimum absolute atomic E-state index is 0.783. The summed E-state index contributed by atoms with van der Waals surface area (Å²) in [6, 6.07) is 9.57. The first-order valence-electron chi connectivity index (χ1n) is 7.00. The Balaban J connectivity index is 1.56. The molecule has 1 aromatic rings. The minimum atomic E-state index is 0.783. The smallest absolute Gasteiger partial charge is 0.0177 e. The number of rotatable bonds is 5. The predicted molar refractivity (Wildman–Crippen MR) is 78.7 cm³/mol. The van der Waals surface area contributed by atoms with Gasteiger partial charge in [-0.3, -0.25) is 0 Å². The molecule has 0 bridgehead atoms. The number of hydrogen-bond donors (Lipinski definition) is 2. The van der Waals surface area contributed by atoms with Crippen LogP contribution in [0.25, 0.3) is 0 Å². The highest BCUT2D eigenvalue weighted by molar-refractivity contribution is 9.10. The van der Waals surface area contributed by atoms with E-state index in [1.54, 1.807) is 0 Å². The van der Waals surface area contributed by atoms with Crippen molar-refractivity contribution in [3.8, 4) is 0 Å². The molecule has 18 heavy (non-hydrogen) atoms. The molecule has 3 rings (SSSR count). The third-order valence-corrected chi connectivity index (χ3v) is 4.61. The molecule has 0 amide bonds. The van der Waals surface area contributed by atoms with Crippen molar-refractivity contribution in [1.82, 2.24) is 10.6 Å². The van der Waals surface area contributed by atoms with E-state index in [4.69, 9.17) is 0 Å². The predicted octanol–water partition coefficient (Wildman–Crippen LogP) is 2.58. The molecular formula is C15H21BrN2. The molecule has 1 aliphatic carbocycles. The van der Waals surface area contributed by atoms with Gasteiger partial charge in [0.25, 0.3) is 0 Å². The molecule has 2 aliphatic rings. The molecule has 1 saturated carbocycles. The van der Waals surface area contributed by atoms with Gasteiger partial charge in [-0.1, -0.05) is 28.1 Å². The summed E-state index contributed by atoms with van der Waals surface area (Å²) in [5.74, 6) is 1.58. The summed E-state index contributed by atoms with van der Waals surface area (Å²) in [5, 5.41) is 7.23. The topological polar surface area (TPSA) is 24.1 Å². The summed E-state index contributed by atoms with van der Waals surface area (Å²) in [6.07, 6.45) is 3.97. The minimum Gasteiger partial charge on any atom is -0.316 e. The molecule has 1 saturated heterocycles. The maximum atomic E-state index is 3.68. The molecule has 1 aromatic carbocycles. The van der Waals surface area contributed by atoms with E-state index in [9.17, 15) is 0 Å². The van der Waals surface area contributed by atoms with Crippen molar-refractivity contribution >= 4 is 15.9 Å². The lowest BCUT2D eigenvalue weighted by atomic mass is 9.89. The van der Waals surface area contributed by atoms with Gasteiger partial charge in [0.15, 0.2) is 0 Å². The fourth-order valence-corrected chi connectivity index (χ4v) is 3.28. The van der Waals surface area contributed by atoms with Crippen LogP contribution in [0.15, 0.2) is 28.7 Å². The molecule has 2 N–H and O–H groups in total. The van der Waals surface area contributed by atoms with E-state index < -0.39 is 0 Å². The summed E-state index contributed by atoms with van der Waals surface area (Å²) < 4.78 is 1.19. The van der Waals surface area contributed by atoms with E-state index in [0.29, 0.717) is 0 Å². The monoisotopic (exact) mass is 308 g/mol. The summed E-state index contributed by atoms with van der Waals surface area (Å²) in [6.45, 7) is 3.54. The average molecular weight is 309 g/mol. The maximum absolute atomic E-state index is 3.68. The molecular weight excluding hydrogens is 288 g/mol. The Morgan fingerprint density at radius 2 is 2.06 bits per heavy atom. The highest BCUT2D eigenvalue weighted by Crippen LogP contribution is 2.24. The average Bonchev–Trinajstić information content (AvgIpc) is 3.08. The van der Waals surface area contributed by atoms with Crippen LogP contribution >= 0.6 is 15.9 Å². The molecule has 0 radical (unpaired) electrons. The van der Waals surface area contributed by atoms with E-state index in [2.05, 4.69) is 50.8 Å². The SMILES string of the molecule is Brc1cccc(C[C@@H]2CNC[C@@H]2CNC2CC2)c1. The fraction of sp³-hybridized carbons (Fsp3) is 0.600. The van der Waals surface area contributed by atoms with Crippen LogP contribution in [0.1, 0.15) is 18.4 Å². The molecule has 1 aliphatic heterocycles. The maximum Gasteiger partial charge on any atom is 0.0177 e. The summed E-state index contributed by atoms with van der Waals surface area (Å²) >= 11 is 3.56. The van der Waals surface area contributed by atoms with Crippen molar-refractivity contribution < 1.29 is 0 Å². The lowest BCUT2D eigenvalue weighted by Crippen LogP contribution is -2.30. The molecule has 0 spiro atoms. The Hall–Kier alpha value is -0.380. The molecule has 2 fully saturated rings. The van der Waals surface area contributed by atoms with Gasteiger partial charge in [-0.2, -0.15) is 0 Å². The van der Waals surface area contributed by atoms with Crippen molar-refractivity contribution in [2.45, 2.75) is 25.3 Å². The Bertz CT molecular complexity index is 403. The van der Waals surface area contributed by atoms with Gasteiger partial charge in [-0.25, -0.2) is 0 Å². The highest BCUT2D eigenvalue weighted by atomic mass is 79.9. The highest BCUT2D eigenvalue weighted by Gasteiger charge is 2.29. The first-order valence-corrected chi connectivity index (χ1v) is 7.79. The first kappa shape index (κ1) is 12.6. The van der Waals surface area contributed by atoms with Crippen LogP contribution in [0.3, 0.4) is 0 Å². The third-order valence-electron chi connectivity index (χ3n) is 4.11. The summed E-state index contributed by atoms with van der Waals surface area (Å²) in [5.41, 5.74) is 1.45. The zero-order valence-corrected chi connectivity index (χ0v) is 12.2. The second-order valence-electron chi connectivity index (χ2n) is 5.69. The van der Waals surface area contributed by atoms with Crippen LogP contribution in [-0.2, 0) is 6.42 Å². The normalized spacial score (nSPS) is 27.6. The Kier molecular flexibility index (Phi) is 4.02. The Morgan fingerprint density at radius 1 is 1.22 bits per heavy atom. The molecule has 2 nitrogen and oxygen atoms in total. The number of hydrogen-bond acceptors (Lipinski definition) is 2. The summed E-state index contributed by atoms with van der Waals surface area (Å²) in [4.78, 5) is 0. The van der Waals surface area contributed by atoms with Crippen LogP contribution in [0, 0.1) is 11.8 Å². The fourth-order valence-electron chi connectivity index (χ4n) is 2.84. The lowest BCUT2D eigenvalue weighted by molar-refractivity contribution is 0.391. The van der Waals surface area contributed by atoms with Crippen molar-refractivity contribution in [3.05, 3.63) is 34.3 Å². The van der Waals surface area contributed by atoms with Crippen LogP contribution in [0.5, 0.6) is 0 Å². The second-order valence-corrected chi connectivity index (χ2v) is 6.61. The van der Waals surface area contributed by atoms with Crippen molar-refractivity contribution in [2.24, 2.45) is 11.8 Å². The Morgan fingerprint density at radius 3 is 2.83 bits per heavy atom. The van der Waals surface area contributed by atoms with Gasteiger partial charge in [0.2, 0.25) is 0 Å². The van der Waals surface area contributed by atoms with Gasteiger partial charge >= 0.3 is 0 Å². The van der Waals surface area contributed by atoms with Crippen molar-refractivity contribution in [2.75, 3.05) is 19.6 Å². The molecule has 2 atom stereocenters. The zero-order valence-electron chi connectivity index (χ0n) is 10.7. The molecule has 98 valence electrons. The van der Waals surface area contributed by atoms with Gasteiger partial charge in [0.05, 0.1) is 0 Å². The molecule has 0 unspecified atom stereocenters. The zero-order chi connectivity index (χ0) is 12.4. The third kappa shape index (κ3) is 3.34. The van der Waals surface area contributed by atoms with E-state index in [-0.39, 0.29) is 0 Å². The van der Waals surface area contributed by atoms with E-state index in [0.717, 1.165) is 17.9 Å². The van der Waals surface area contributed by atoms with E-state index in [1.165, 1.54) is 48.9 Å². The molecule has 3 heteroatoms. The van der Waals surface area contributed by atoms with Gasteiger partial charge in [0, 0.05) is 10.5 Å². The van der Waals surface area contributed by atoms with Crippen LogP contribution in [0.2, 0.25) is 0 Å². The number of halogens is 1. The quantitative estimate of drug-likeness (QED) is 0.873. The van der Waals surface area contributed by atoms with Crippen LogP contribution < -0.4 is 10.6 Å². The largest absolute Gasteiger partial charge is 0.316 e. The van der Waals surface area contributed by atoms with Crippen LogP contribution in [0.4, 0.5) is 0 Å². The standard InChI is InChI=1S/C15H21BrN2/c16-14-3-1-2-11(7-14)6-12-8-17-9-13(12)10-18-15-4-5-15/h1-3,7,12-13,15,17-18H,4-6,8-10H2/t12-,13-/m1/s1. The van der Waals surface area contributed by atoms with Crippen molar-refractivity contribution in [1.29, 1.82) is 0 Å². The van der Waals surface area contributed by atoms with Gasteiger partial charge in [0.1, 0.15) is 0 Å². The number of nitrogens with one attached hydrogen (secondary N) is 2. The first-order chi connectivity index (χ1) is 8.81. The number of benzene rings is 1. The van der Waals surface area contributed by atoms with Crippen molar-refractivity contribution in [3.63, 3.8) is 0 Å². The lowest BCUT2D eigenvalue weighted by Gasteiger charge is -2.19. The summed E-state index contributed by atoms with van der Waals surface area (Å²) in [7, 11) is 0. The van der Waals surface area contributed by atoms with Gasteiger partial charge < -0.3 is 10.6 Å². The van der Waals surface area contributed by atoms with E-state index in [1.807, 2.05) is 0 Å². The Labute approximate surface area is 118 Å². The van der Waals surface area contributed by atoms with E-state index >= 15 is 0 Å². The van der Waals surface area contributed by atoms with Gasteiger partial charge in [-0.05, 0) is 68.4 Å². The molecule has 1 heterocycles. The van der Waals surface area contributed by atoms with Gasteiger partial charge in [-0.15, -0.1) is 0 Å². The second kappa shape index (κ2) is 5.72.